The molecule has 2 heterocycles. The Balaban J connectivity index is 1.80. The van der Waals surface area contributed by atoms with Gasteiger partial charge in [0, 0.05) is 30.5 Å². The summed E-state index contributed by atoms with van der Waals surface area (Å²) in [6.45, 7) is 1.18. The van der Waals surface area contributed by atoms with E-state index in [1.807, 2.05) is 18.3 Å². The van der Waals surface area contributed by atoms with Crippen LogP contribution in [0.15, 0.2) is 24.4 Å². The smallest absolute Gasteiger partial charge is 0.163 e. The molecule has 2 aliphatic rings. The molecule has 1 aromatic heterocycles. The van der Waals surface area contributed by atoms with Gasteiger partial charge >= 0.3 is 0 Å². The number of benzene rings is 1. The van der Waals surface area contributed by atoms with E-state index in [2.05, 4.69) is 11.1 Å². The lowest BCUT2D eigenvalue weighted by Gasteiger charge is -2.24. The Hall–Kier alpha value is -2.10. The van der Waals surface area contributed by atoms with Gasteiger partial charge in [0.25, 0.3) is 0 Å². The van der Waals surface area contributed by atoms with E-state index in [9.17, 15) is 4.79 Å². The molecule has 4 heteroatoms. The number of Topliss-reactive ketones (excluding diaryl/α,β-unsaturated/α-hetero) is 1. The summed E-state index contributed by atoms with van der Waals surface area (Å²) >= 11 is 0. The van der Waals surface area contributed by atoms with Crippen molar-refractivity contribution in [3.63, 3.8) is 0 Å². The number of aromatic nitrogens is 1. The summed E-state index contributed by atoms with van der Waals surface area (Å²) in [6, 6.07) is 6.09. The van der Waals surface area contributed by atoms with Crippen molar-refractivity contribution in [1.29, 1.82) is 0 Å². The maximum Gasteiger partial charge on any atom is 0.163 e. The van der Waals surface area contributed by atoms with Crippen LogP contribution in [-0.2, 0) is 4.79 Å². The van der Waals surface area contributed by atoms with Crippen molar-refractivity contribution in [3.8, 4) is 11.5 Å². The standard InChI is InChI=1S/C17H17NO3/c19-12-3-1-11(2-4-12)13-5-6-18-15-10-17-16(9-14(13)15)20-7-8-21-17/h5-6,9-11H,1-4,7-8H2. The summed E-state index contributed by atoms with van der Waals surface area (Å²) in [7, 11) is 0. The molecule has 0 unspecified atom stereocenters. The molecule has 21 heavy (non-hydrogen) atoms. The number of fused-ring (bicyclic) bond motifs is 2. The number of carbonyl (C=O) groups excluding carboxylic acids is 1. The van der Waals surface area contributed by atoms with Crippen LogP contribution >= 0.6 is 0 Å². The fourth-order valence-electron chi connectivity index (χ4n) is 3.31. The molecular weight excluding hydrogens is 266 g/mol. The molecule has 1 aliphatic heterocycles. The lowest BCUT2D eigenvalue weighted by atomic mass is 9.82. The zero-order valence-electron chi connectivity index (χ0n) is 11.8. The van der Waals surface area contributed by atoms with E-state index in [1.165, 1.54) is 5.56 Å². The van der Waals surface area contributed by atoms with E-state index < -0.39 is 0 Å². The second-order valence-corrected chi connectivity index (χ2v) is 5.73. The van der Waals surface area contributed by atoms with Crippen LogP contribution in [0.1, 0.15) is 37.2 Å². The van der Waals surface area contributed by atoms with Gasteiger partial charge in [0.2, 0.25) is 0 Å². The van der Waals surface area contributed by atoms with E-state index >= 15 is 0 Å². The molecule has 0 N–H and O–H groups in total. The van der Waals surface area contributed by atoms with Gasteiger partial charge in [0.05, 0.1) is 5.52 Å². The van der Waals surface area contributed by atoms with Gasteiger partial charge in [-0.1, -0.05) is 0 Å². The first-order valence-electron chi connectivity index (χ1n) is 7.51. The summed E-state index contributed by atoms with van der Waals surface area (Å²) in [4.78, 5) is 15.9. The summed E-state index contributed by atoms with van der Waals surface area (Å²) in [5.41, 5.74) is 2.22. The van der Waals surface area contributed by atoms with Crippen molar-refractivity contribution in [2.24, 2.45) is 0 Å². The molecule has 1 fully saturated rings. The zero-order chi connectivity index (χ0) is 14.2. The molecule has 4 nitrogen and oxygen atoms in total. The summed E-state index contributed by atoms with van der Waals surface area (Å²) in [5.74, 6) is 2.40. The summed E-state index contributed by atoms with van der Waals surface area (Å²) in [5, 5.41) is 1.13. The van der Waals surface area contributed by atoms with Crippen molar-refractivity contribution in [1.82, 2.24) is 4.98 Å². The van der Waals surface area contributed by atoms with Crippen LogP contribution in [0.25, 0.3) is 10.9 Å². The number of carbonyl (C=O) groups is 1. The Kier molecular flexibility index (Phi) is 3.02. The molecule has 4 rings (SSSR count). The maximum absolute atomic E-state index is 11.4. The van der Waals surface area contributed by atoms with Crippen molar-refractivity contribution >= 4 is 16.7 Å². The summed E-state index contributed by atoms with van der Waals surface area (Å²) in [6.07, 6.45) is 5.11. The van der Waals surface area contributed by atoms with Crippen molar-refractivity contribution < 1.29 is 14.3 Å². The molecule has 108 valence electrons. The van der Waals surface area contributed by atoms with E-state index in [1.54, 1.807) is 0 Å². The van der Waals surface area contributed by atoms with Crippen LogP contribution in [0.4, 0.5) is 0 Å². The van der Waals surface area contributed by atoms with E-state index in [-0.39, 0.29) is 0 Å². The Morgan fingerprint density at radius 1 is 1.05 bits per heavy atom. The van der Waals surface area contributed by atoms with Gasteiger partial charge in [-0.3, -0.25) is 9.78 Å². The highest BCUT2D eigenvalue weighted by atomic mass is 16.6. The van der Waals surface area contributed by atoms with Gasteiger partial charge in [-0.05, 0) is 36.5 Å². The number of rotatable bonds is 1. The predicted molar refractivity (Wildman–Crippen MR) is 78.9 cm³/mol. The largest absolute Gasteiger partial charge is 0.486 e. The topological polar surface area (TPSA) is 48.4 Å². The molecule has 0 radical (unpaired) electrons. The van der Waals surface area contributed by atoms with Crippen LogP contribution in [0, 0.1) is 0 Å². The second kappa shape index (κ2) is 5.02. The minimum atomic E-state index is 0.388. The lowest BCUT2D eigenvalue weighted by molar-refractivity contribution is -0.120. The monoisotopic (exact) mass is 283 g/mol. The fourth-order valence-corrected chi connectivity index (χ4v) is 3.31. The third-order valence-electron chi connectivity index (χ3n) is 4.42. The minimum Gasteiger partial charge on any atom is -0.486 e. The highest BCUT2D eigenvalue weighted by Crippen LogP contribution is 2.39. The number of ether oxygens (including phenoxy) is 2. The molecular formula is C17H17NO3. The molecule has 2 aromatic rings. The first kappa shape index (κ1) is 12.6. The molecule has 0 atom stereocenters. The minimum absolute atomic E-state index is 0.388. The van der Waals surface area contributed by atoms with E-state index in [0.29, 0.717) is 37.8 Å². The number of nitrogens with zero attached hydrogens (tertiary/aromatic N) is 1. The molecule has 0 saturated heterocycles. The van der Waals surface area contributed by atoms with Crippen LogP contribution < -0.4 is 9.47 Å². The first-order chi connectivity index (χ1) is 10.3. The van der Waals surface area contributed by atoms with E-state index in [0.717, 1.165) is 35.2 Å². The number of hydrogen-bond donors (Lipinski definition) is 0. The average Bonchev–Trinajstić information content (AvgIpc) is 2.53. The number of hydrogen-bond acceptors (Lipinski definition) is 4. The third kappa shape index (κ3) is 2.24. The zero-order valence-corrected chi connectivity index (χ0v) is 11.8. The SMILES string of the molecule is O=C1CCC(c2ccnc3cc4c(cc23)OCCO4)CC1. The van der Waals surface area contributed by atoms with E-state index in [4.69, 9.17) is 9.47 Å². The maximum atomic E-state index is 11.4. The molecule has 1 saturated carbocycles. The van der Waals surface area contributed by atoms with Crippen molar-refractivity contribution in [2.45, 2.75) is 31.6 Å². The number of ketones is 1. The Labute approximate surface area is 123 Å². The van der Waals surface area contributed by atoms with Gasteiger partial charge in [-0.25, -0.2) is 0 Å². The first-order valence-corrected chi connectivity index (χ1v) is 7.51. The third-order valence-corrected chi connectivity index (χ3v) is 4.42. The van der Waals surface area contributed by atoms with Crippen molar-refractivity contribution in [3.05, 3.63) is 30.0 Å². The van der Waals surface area contributed by atoms with Gasteiger partial charge < -0.3 is 9.47 Å². The quantitative estimate of drug-likeness (QED) is 0.806. The highest BCUT2D eigenvalue weighted by Gasteiger charge is 2.23. The van der Waals surface area contributed by atoms with Gasteiger partial charge in [-0.15, -0.1) is 0 Å². The van der Waals surface area contributed by atoms with Crippen LogP contribution in [-0.4, -0.2) is 24.0 Å². The Morgan fingerprint density at radius 2 is 1.76 bits per heavy atom. The Bertz CT molecular complexity index is 700. The number of pyridine rings is 1. The molecule has 0 spiro atoms. The molecule has 0 bridgehead atoms. The van der Waals surface area contributed by atoms with Crippen molar-refractivity contribution in [2.75, 3.05) is 13.2 Å². The van der Waals surface area contributed by atoms with Crippen LogP contribution in [0.3, 0.4) is 0 Å². The average molecular weight is 283 g/mol. The Morgan fingerprint density at radius 3 is 2.52 bits per heavy atom. The lowest BCUT2D eigenvalue weighted by Crippen LogP contribution is -2.16. The highest BCUT2D eigenvalue weighted by molar-refractivity contribution is 5.87. The van der Waals surface area contributed by atoms with Gasteiger partial charge in [0.15, 0.2) is 11.5 Å². The van der Waals surface area contributed by atoms with Gasteiger partial charge in [0.1, 0.15) is 19.0 Å². The molecule has 0 amide bonds. The second-order valence-electron chi connectivity index (χ2n) is 5.73. The predicted octanol–water partition coefficient (Wildman–Crippen LogP) is 3.23. The molecule has 1 aliphatic carbocycles. The normalized spacial score (nSPS) is 19.0. The fraction of sp³-hybridized carbons (Fsp3) is 0.412. The van der Waals surface area contributed by atoms with Crippen LogP contribution in [0.5, 0.6) is 11.5 Å². The summed E-state index contributed by atoms with van der Waals surface area (Å²) < 4.78 is 11.3. The van der Waals surface area contributed by atoms with Crippen LogP contribution in [0.2, 0.25) is 0 Å². The van der Waals surface area contributed by atoms with Gasteiger partial charge in [-0.2, -0.15) is 0 Å². The molecule has 1 aromatic carbocycles.